The summed E-state index contributed by atoms with van der Waals surface area (Å²) in [6.07, 6.45) is 5.43. The summed E-state index contributed by atoms with van der Waals surface area (Å²) in [5, 5.41) is 10.2. The molecule has 5 heteroatoms. The van der Waals surface area contributed by atoms with Gasteiger partial charge in [-0.25, -0.2) is 9.97 Å². The first-order chi connectivity index (χ1) is 10.2. The minimum Gasteiger partial charge on any atom is -0.393 e. The van der Waals surface area contributed by atoms with E-state index in [-0.39, 0.29) is 6.10 Å². The van der Waals surface area contributed by atoms with E-state index in [1.807, 2.05) is 6.92 Å². The number of nitrogens with zero attached hydrogens (tertiary/aromatic N) is 3. The summed E-state index contributed by atoms with van der Waals surface area (Å²) < 4.78 is 5.16. The monoisotopic (exact) mass is 291 g/mol. The molecule has 0 aromatic carbocycles. The van der Waals surface area contributed by atoms with Gasteiger partial charge in [0.1, 0.15) is 12.4 Å². The summed E-state index contributed by atoms with van der Waals surface area (Å²) in [5.41, 5.74) is 0.977. The van der Waals surface area contributed by atoms with Gasteiger partial charge < -0.3 is 14.7 Å². The quantitative estimate of drug-likeness (QED) is 0.920. The highest BCUT2D eigenvalue weighted by Crippen LogP contribution is 2.37. The van der Waals surface area contributed by atoms with Crippen molar-refractivity contribution in [1.82, 2.24) is 9.97 Å². The Kier molecular flexibility index (Phi) is 4.40. The van der Waals surface area contributed by atoms with Crippen LogP contribution in [0.1, 0.15) is 43.6 Å². The fourth-order valence-electron chi connectivity index (χ4n) is 3.89. The predicted molar refractivity (Wildman–Crippen MR) is 81.2 cm³/mol. The summed E-state index contributed by atoms with van der Waals surface area (Å²) in [7, 11) is 1.67. The van der Waals surface area contributed by atoms with Crippen molar-refractivity contribution in [2.24, 2.45) is 5.92 Å². The summed E-state index contributed by atoms with van der Waals surface area (Å²) >= 11 is 0. The maximum absolute atomic E-state index is 10.2. The van der Waals surface area contributed by atoms with Crippen LogP contribution in [0.15, 0.2) is 6.07 Å². The number of aliphatic hydroxyl groups is 1. The molecule has 2 heterocycles. The lowest BCUT2D eigenvalue weighted by Gasteiger charge is -2.32. The first-order valence-electron chi connectivity index (χ1n) is 7.97. The number of aliphatic hydroxyl groups excluding tert-OH is 1. The van der Waals surface area contributed by atoms with E-state index in [2.05, 4.69) is 20.9 Å². The Morgan fingerprint density at radius 2 is 2.14 bits per heavy atom. The largest absolute Gasteiger partial charge is 0.393 e. The molecule has 2 fully saturated rings. The van der Waals surface area contributed by atoms with Crippen LogP contribution in [0.3, 0.4) is 0 Å². The fraction of sp³-hybridized carbons (Fsp3) is 0.750. The van der Waals surface area contributed by atoms with E-state index < -0.39 is 0 Å². The van der Waals surface area contributed by atoms with Crippen molar-refractivity contribution in [3.05, 3.63) is 17.6 Å². The van der Waals surface area contributed by atoms with Gasteiger partial charge in [0, 0.05) is 37.4 Å². The SMILES string of the molecule is COCc1nc(C)cc(N2CCCC2C2CCCC2O)n1. The second-order valence-electron chi connectivity index (χ2n) is 6.28. The Bertz CT molecular complexity index is 494. The average molecular weight is 291 g/mol. The van der Waals surface area contributed by atoms with Gasteiger partial charge in [0.2, 0.25) is 0 Å². The van der Waals surface area contributed by atoms with Crippen molar-refractivity contribution in [2.75, 3.05) is 18.6 Å². The molecule has 1 aromatic heterocycles. The maximum Gasteiger partial charge on any atom is 0.156 e. The molecule has 1 saturated carbocycles. The molecule has 3 atom stereocenters. The third kappa shape index (κ3) is 3.04. The molecular formula is C16H25N3O2. The molecule has 21 heavy (non-hydrogen) atoms. The van der Waals surface area contributed by atoms with E-state index in [9.17, 15) is 5.11 Å². The predicted octanol–water partition coefficient (Wildman–Crippen LogP) is 2.06. The fourth-order valence-corrected chi connectivity index (χ4v) is 3.89. The minimum atomic E-state index is -0.142. The van der Waals surface area contributed by atoms with E-state index in [0.29, 0.717) is 18.6 Å². The van der Waals surface area contributed by atoms with Crippen LogP contribution in [0.5, 0.6) is 0 Å². The van der Waals surface area contributed by atoms with E-state index in [1.54, 1.807) is 7.11 Å². The molecule has 0 radical (unpaired) electrons. The van der Waals surface area contributed by atoms with Crippen molar-refractivity contribution >= 4 is 5.82 Å². The molecule has 116 valence electrons. The highest BCUT2D eigenvalue weighted by Gasteiger charge is 2.38. The summed E-state index contributed by atoms with van der Waals surface area (Å²) in [4.78, 5) is 11.5. The van der Waals surface area contributed by atoms with Gasteiger partial charge in [-0.05, 0) is 32.6 Å². The van der Waals surface area contributed by atoms with Gasteiger partial charge in [0.15, 0.2) is 5.82 Å². The highest BCUT2D eigenvalue weighted by molar-refractivity contribution is 5.42. The van der Waals surface area contributed by atoms with Crippen molar-refractivity contribution in [3.63, 3.8) is 0 Å². The molecule has 1 aromatic rings. The normalized spacial score (nSPS) is 29.3. The Balaban J connectivity index is 1.84. The zero-order chi connectivity index (χ0) is 14.8. The van der Waals surface area contributed by atoms with Crippen LogP contribution in [0, 0.1) is 12.8 Å². The Labute approximate surface area is 126 Å². The Hall–Kier alpha value is -1.20. The first-order valence-corrected chi connectivity index (χ1v) is 7.97. The Morgan fingerprint density at radius 3 is 2.86 bits per heavy atom. The third-order valence-electron chi connectivity index (χ3n) is 4.78. The molecule has 3 unspecified atom stereocenters. The van der Waals surface area contributed by atoms with Crippen molar-refractivity contribution in [3.8, 4) is 0 Å². The van der Waals surface area contributed by atoms with E-state index in [1.165, 1.54) is 6.42 Å². The Morgan fingerprint density at radius 1 is 1.29 bits per heavy atom. The number of aromatic nitrogens is 2. The molecule has 0 amide bonds. The number of rotatable bonds is 4. The smallest absolute Gasteiger partial charge is 0.156 e. The molecule has 5 nitrogen and oxygen atoms in total. The summed E-state index contributed by atoms with van der Waals surface area (Å²) in [5.74, 6) is 2.13. The van der Waals surface area contributed by atoms with Crippen LogP contribution in [-0.2, 0) is 11.3 Å². The molecule has 2 aliphatic rings. The number of ether oxygens (including phenoxy) is 1. The number of methoxy groups -OCH3 is 1. The van der Waals surface area contributed by atoms with Crippen LogP contribution >= 0.6 is 0 Å². The molecule has 1 aliphatic carbocycles. The van der Waals surface area contributed by atoms with Crippen molar-refractivity contribution in [1.29, 1.82) is 0 Å². The number of anilines is 1. The molecule has 1 N–H and O–H groups in total. The third-order valence-corrected chi connectivity index (χ3v) is 4.78. The zero-order valence-electron chi connectivity index (χ0n) is 13.0. The minimum absolute atomic E-state index is 0.142. The number of hydrogen-bond donors (Lipinski definition) is 1. The molecular weight excluding hydrogens is 266 g/mol. The summed E-state index contributed by atoms with van der Waals surface area (Å²) in [6.45, 7) is 3.47. The number of aryl methyl sites for hydroxylation is 1. The molecule has 0 bridgehead atoms. The van der Waals surface area contributed by atoms with E-state index in [0.717, 1.165) is 49.6 Å². The van der Waals surface area contributed by atoms with Crippen molar-refractivity contribution in [2.45, 2.75) is 57.8 Å². The number of hydrogen-bond acceptors (Lipinski definition) is 5. The topological polar surface area (TPSA) is 58.5 Å². The molecule has 1 saturated heterocycles. The van der Waals surface area contributed by atoms with Crippen LogP contribution < -0.4 is 4.90 Å². The van der Waals surface area contributed by atoms with Crippen molar-refractivity contribution < 1.29 is 9.84 Å². The molecule has 3 rings (SSSR count). The van der Waals surface area contributed by atoms with E-state index >= 15 is 0 Å². The highest BCUT2D eigenvalue weighted by atomic mass is 16.5. The average Bonchev–Trinajstić information content (AvgIpc) is 3.06. The van der Waals surface area contributed by atoms with E-state index in [4.69, 9.17) is 4.74 Å². The van der Waals surface area contributed by atoms with Gasteiger partial charge >= 0.3 is 0 Å². The van der Waals surface area contributed by atoms with Gasteiger partial charge in [0.25, 0.3) is 0 Å². The van der Waals surface area contributed by atoms with Gasteiger partial charge in [-0.3, -0.25) is 0 Å². The van der Waals surface area contributed by atoms with Gasteiger partial charge in [-0.1, -0.05) is 6.42 Å². The summed E-state index contributed by atoms with van der Waals surface area (Å²) in [6, 6.07) is 2.48. The van der Waals surface area contributed by atoms with Crippen LogP contribution in [0.25, 0.3) is 0 Å². The lowest BCUT2D eigenvalue weighted by atomic mass is 9.94. The zero-order valence-corrected chi connectivity index (χ0v) is 13.0. The second-order valence-corrected chi connectivity index (χ2v) is 6.28. The molecule has 0 spiro atoms. The van der Waals surface area contributed by atoms with Gasteiger partial charge in [-0.2, -0.15) is 0 Å². The van der Waals surface area contributed by atoms with Gasteiger partial charge in [0.05, 0.1) is 6.10 Å². The van der Waals surface area contributed by atoms with Crippen LogP contribution in [0.2, 0.25) is 0 Å². The van der Waals surface area contributed by atoms with Crippen LogP contribution in [-0.4, -0.2) is 40.9 Å². The van der Waals surface area contributed by atoms with Gasteiger partial charge in [-0.15, -0.1) is 0 Å². The lowest BCUT2D eigenvalue weighted by Crippen LogP contribution is -2.39. The first kappa shape index (κ1) is 14.7. The maximum atomic E-state index is 10.2. The second kappa shape index (κ2) is 6.28. The lowest BCUT2D eigenvalue weighted by molar-refractivity contribution is 0.118. The molecule has 1 aliphatic heterocycles. The van der Waals surface area contributed by atoms with Crippen LogP contribution in [0.4, 0.5) is 5.82 Å². The standard InChI is InChI=1S/C16H25N3O2/c1-11-9-16(18-15(17-11)10-21-2)19-8-4-6-13(19)12-5-3-7-14(12)20/h9,12-14,20H,3-8,10H2,1-2H3.